The minimum absolute atomic E-state index is 0.501. The lowest BCUT2D eigenvalue weighted by molar-refractivity contribution is 0.959. The molecule has 286 valence electrons. The minimum atomic E-state index is -1.26. The lowest BCUT2D eigenvalue weighted by Crippen LogP contribution is -2.27. The molecule has 0 radical (unpaired) electrons. The van der Waals surface area contributed by atoms with Gasteiger partial charge in [-0.2, -0.15) is 20.1 Å². The Morgan fingerprint density at radius 2 is 0.589 bits per heavy atom. The van der Waals surface area contributed by atoms with Gasteiger partial charge in [-0.3, -0.25) is 0 Å². The third-order valence-corrected chi connectivity index (χ3v) is 23.2. The van der Waals surface area contributed by atoms with Crippen molar-refractivity contribution in [1.82, 2.24) is 0 Å². The fraction of sp³-hybridized carbons (Fsp3) is 0.333. The van der Waals surface area contributed by atoms with Gasteiger partial charge in [0.25, 0.3) is 0 Å². The van der Waals surface area contributed by atoms with Crippen LogP contribution < -0.4 is 0 Å². The first-order chi connectivity index (χ1) is 26.7. The van der Waals surface area contributed by atoms with Gasteiger partial charge in [-0.1, -0.05) is 168 Å². The van der Waals surface area contributed by atoms with E-state index in [0.717, 1.165) is 0 Å². The molecule has 0 spiro atoms. The van der Waals surface area contributed by atoms with Gasteiger partial charge >= 0.3 is 0 Å². The van der Waals surface area contributed by atoms with Crippen LogP contribution in [0.3, 0.4) is 0 Å². The smallest absolute Gasteiger partial charge is 0.0411 e. The highest BCUT2D eigenvalue weighted by atomic mass is 32.3. The van der Waals surface area contributed by atoms with E-state index in [1.165, 1.54) is 86.5 Å². The second-order valence-corrected chi connectivity index (χ2v) is 26.7. The van der Waals surface area contributed by atoms with Crippen LogP contribution in [0.5, 0.6) is 0 Å². The van der Waals surface area contributed by atoms with Crippen molar-refractivity contribution in [3.05, 3.63) is 108 Å². The Kier molecular flexibility index (Phi) is 9.80. The zero-order valence-corrected chi connectivity index (χ0v) is 37.2. The minimum Gasteiger partial charge on any atom is -0.170 e. The molecule has 0 saturated heterocycles. The van der Waals surface area contributed by atoms with Gasteiger partial charge in [-0.25, -0.2) is 0 Å². The molecule has 0 nitrogen and oxygen atoms in total. The lowest BCUT2D eigenvalue weighted by Gasteiger charge is -2.46. The van der Waals surface area contributed by atoms with Crippen LogP contribution in [0.4, 0.5) is 0 Å². The maximum absolute atomic E-state index is 4.11. The molecule has 0 heterocycles. The fourth-order valence-electron chi connectivity index (χ4n) is 10.5. The first-order valence-corrected chi connectivity index (χ1v) is 24.4. The quantitative estimate of drug-likeness (QED) is 0.0897. The van der Waals surface area contributed by atoms with E-state index in [-0.39, 0.29) is 0 Å². The van der Waals surface area contributed by atoms with Crippen molar-refractivity contribution in [2.75, 3.05) is 0 Å². The van der Waals surface area contributed by atoms with Crippen molar-refractivity contribution < 1.29 is 0 Å². The number of fused-ring (bicyclic) bond motifs is 6. The number of benzene rings is 8. The molecule has 0 aliphatic carbocycles. The Morgan fingerprint density at radius 3 is 0.875 bits per heavy atom. The normalized spacial score (nSPS) is 13.5. The van der Waals surface area contributed by atoms with Crippen molar-refractivity contribution in [2.45, 2.75) is 115 Å². The van der Waals surface area contributed by atoms with Crippen LogP contribution >= 0.6 is 20.1 Å². The lowest BCUT2D eigenvalue weighted by atomic mass is 9.83. The van der Waals surface area contributed by atoms with Crippen molar-refractivity contribution in [3.8, 4) is 22.3 Å². The summed E-state index contributed by atoms with van der Waals surface area (Å²) in [6.07, 6.45) is 0. The van der Waals surface area contributed by atoms with Gasteiger partial charge in [0.2, 0.25) is 0 Å². The second kappa shape index (κ2) is 14.2. The van der Waals surface area contributed by atoms with E-state index >= 15 is 0 Å². The van der Waals surface area contributed by atoms with Crippen LogP contribution in [0.2, 0.25) is 0 Å². The Balaban J connectivity index is 1.60. The second-order valence-electron chi connectivity index (χ2n) is 17.6. The predicted octanol–water partition coefficient (Wildman–Crippen LogP) is 15.9. The molecule has 0 fully saturated rings. The zero-order valence-electron chi connectivity index (χ0n) is 35.5. The maximum atomic E-state index is 4.11. The van der Waals surface area contributed by atoms with Crippen LogP contribution in [0.15, 0.2) is 97.1 Å². The highest BCUT2D eigenvalue weighted by molar-refractivity contribution is 8.39. The molecule has 0 aliphatic heterocycles. The van der Waals surface area contributed by atoms with Gasteiger partial charge in [0, 0.05) is 11.1 Å². The van der Waals surface area contributed by atoms with Gasteiger partial charge < -0.3 is 0 Å². The summed E-state index contributed by atoms with van der Waals surface area (Å²) in [5.74, 6) is 8.02. The molecule has 8 aromatic rings. The number of rotatable bonds is 6. The predicted molar refractivity (Wildman–Crippen MR) is 260 cm³/mol. The maximum Gasteiger partial charge on any atom is 0.0411 e. The average Bonchev–Trinajstić information content (AvgIpc) is 3.16. The molecule has 0 amide bonds. The van der Waals surface area contributed by atoms with Crippen molar-refractivity contribution >= 4 is 95.5 Å². The van der Waals surface area contributed by atoms with Gasteiger partial charge in [-0.15, -0.1) is 0 Å². The monoisotopic (exact) mass is 770 g/mol. The summed E-state index contributed by atoms with van der Waals surface area (Å²) in [6, 6.07) is 36.9. The molecule has 0 atom stereocenters. The molecule has 2 heteroatoms. The molecule has 0 saturated carbocycles. The summed E-state index contributed by atoms with van der Waals surface area (Å²) >= 11 is 0. The summed E-state index contributed by atoms with van der Waals surface area (Å²) < 4.78 is 0. The third kappa shape index (κ3) is 5.70. The Bertz CT molecular complexity index is 2700. The largest absolute Gasteiger partial charge is 0.170 e. The summed E-state index contributed by atoms with van der Waals surface area (Å²) in [5, 5.41) is 29.1. The third-order valence-electron chi connectivity index (χ3n) is 13.0. The summed E-state index contributed by atoms with van der Waals surface area (Å²) in [4.78, 5) is 0. The van der Waals surface area contributed by atoms with Crippen LogP contribution in [-0.4, -0.2) is 31.5 Å². The highest BCUT2D eigenvalue weighted by Crippen LogP contribution is 2.61. The van der Waals surface area contributed by atoms with E-state index in [1.807, 2.05) is 0 Å². The van der Waals surface area contributed by atoms with Crippen LogP contribution in [0.25, 0.3) is 75.4 Å². The molecule has 56 heavy (non-hydrogen) atoms. The average molecular weight is 771 g/mol. The van der Waals surface area contributed by atoms with Crippen LogP contribution in [-0.2, 0) is 0 Å². The molecule has 0 N–H and O–H groups in total. The molecular weight excluding hydrogens is 713 g/mol. The van der Waals surface area contributed by atoms with E-state index < -0.39 is 20.1 Å². The van der Waals surface area contributed by atoms with Crippen LogP contribution in [0, 0.1) is 22.3 Å². The Morgan fingerprint density at radius 1 is 0.321 bits per heavy atom. The molecule has 0 aliphatic rings. The topological polar surface area (TPSA) is 0 Å². The number of hydrogen-bond acceptors (Lipinski definition) is 0. The summed E-state index contributed by atoms with van der Waals surface area (Å²) in [6.45, 7) is 28.7. The van der Waals surface area contributed by atoms with E-state index in [9.17, 15) is 0 Å². The van der Waals surface area contributed by atoms with Gasteiger partial charge in [0.1, 0.15) is 0 Å². The molecule has 0 bridgehead atoms. The number of hydrogen-bond donors (Lipinski definition) is 0. The van der Waals surface area contributed by atoms with Crippen molar-refractivity contribution in [3.63, 3.8) is 0 Å². The molecule has 8 rings (SSSR count). The molecule has 0 aromatic heterocycles. The first-order valence-electron chi connectivity index (χ1n) is 20.8. The van der Waals surface area contributed by atoms with Gasteiger partial charge in [-0.05, 0) is 142 Å². The standard InChI is InChI=1S/C54H58S2/c1-33(2)55(34(3)4,35(5)6)27-25-43-45-21-23-48-52-32-42-20-16-14-18-40(42)30-50(52)44(26-28-56(36(7)8,37(9)10)38(11)12)46-22-24-47(53(45)54(46)48)51-31-41-19-15-13-17-39(41)29-49(43)51/h13-24,29-38H,1-12H3. The molecular formula is C54H58S2. The summed E-state index contributed by atoms with van der Waals surface area (Å²) in [5.41, 5.74) is 2.33. The SMILES string of the molecule is CC(C)S(C#Cc1c2cc3ccccc3cc2c2ccc3c(C#CS(C(C)C)(C(C)C)C(C)C)c4cc5ccccc5cc4c4ccc1c2c34)(C(C)C)C(C)C. The van der Waals surface area contributed by atoms with E-state index in [4.69, 9.17) is 0 Å². The van der Waals surface area contributed by atoms with Gasteiger partial charge in [0.05, 0.1) is 0 Å². The molecule has 8 aromatic carbocycles. The zero-order chi connectivity index (χ0) is 39.8. The summed E-state index contributed by atoms with van der Waals surface area (Å²) in [7, 11) is -2.52. The fourth-order valence-corrected chi connectivity index (χ4v) is 19.0. The Hall–Kier alpha value is -4.34. The van der Waals surface area contributed by atoms with Gasteiger partial charge in [0.15, 0.2) is 0 Å². The van der Waals surface area contributed by atoms with Crippen molar-refractivity contribution in [1.29, 1.82) is 0 Å². The van der Waals surface area contributed by atoms with Crippen molar-refractivity contribution in [2.24, 2.45) is 0 Å². The molecule has 0 unspecified atom stereocenters. The van der Waals surface area contributed by atoms with Crippen LogP contribution in [0.1, 0.15) is 94.2 Å². The van der Waals surface area contributed by atoms with E-state index in [2.05, 4.69) is 202 Å². The highest BCUT2D eigenvalue weighted by Gasteiger charge is 2.34. The first kappa shape index (κ1) is 38.5. The Labute approximate surface area is 338 Å². The van der Waals surface area contributed by atoms with E-state index in [0.29, 0.717) is 31.5 Å². The van der Waals surface area contributed by atoms with E-state index in [1.54, 1.807) is 0 Å².